The van der Waals surface area contributed by atoms with Gasteiger partial charge in [-0.3, -0.25) is 19.4 Å². The van der Waals surface area contributed by atoms with Gasteiger partial charge in [-0.25, -0.2) is 22.5 Å². The van der Waals surface area contributed by atoms with Crippen molar-refractivity contribution in [3.63, 3.8) is 0 Å². The number of carbonyl (C=O) groups is 2. The smallest absolute Gasteiger partial charge is 0.410 e. The number of nitrogens with one attached hydrogen (secondary N) is 1. The molecule has 6 rings (SSSR count). The molecule has 1 aliphatic heterocycles. The molecular weight excluding hydrogens is 591 g/mol. The van der Waals surface area contributed by atoms with Gasteiger partial charge in [-0.05, 0) is 51.8 Å². The van der Waals surface area contributed by atoms with Crippen LogP contribution in [0, 0.1) is 18.7 Å². The van der Waals surface area contributed by atoms with E-state index in [1.165, 1.54) is 21.6 Å². The van der Waals surface area contributed by atoms with Crippen molar-refractivity contribution in [3.8, 4) is 11.3 Å². The average molecular weight is 626 g/mol. The number of hydrogen-bond acceptors (Lipinski definition) is 7. The molecule has 238 valence electrons. The van der Waals surface area contributed by atoms with E-state index in [4.69, 9.17) is 9.47 Å². The lowest BCUT2D eigenvalue weighted by Gasteiger charge is -2.24. The fourth-order valence-corrected chi connectivity index (χ4v) is 5.51. The predicted molar refractivity (Wildman–Crippen MR) is 157 cm³/mol. The first-order chi connectivity index (χ1) is 21.2. The molecule has 5 heterocycles. The number of carbonyl (C=O) groups excluding carboxylic acids is 2. The van der Waals surface area contributed by atoms with Gasteiger partial charge in [0.1, 0.15) is 11.7 Å². The van der Waals surface area contributed by atoms with Gasteiger partial charge in [-0.2, -0.15) is 5.10 Å². The van der Waals surface area contributed by atoms with Gasteiger partial charge in [-0.1, -0.05) is 6.07 Å². The van der Waals surface area contributed by atoms with Crippen molar-refractivity contribution in [1.82, 2.24) is 29.3 Å². The third-order valence-corrected chi connectivity index (χ3v) is 7.86. The largest absolute Gasteiger partial charge is 0.444 e. The highest BCUT2D eigenvalue weighted by molar-refractivity contribution is 5.95. The summed E-state index contributed by atoms with van der Waals surface area (Å²) < 4.78 is 58.6. The molecule has 0 radical (unpaired) electrons. The predicted octanol–water partition coefficient (Wildman–Crippen LogP) is 5.09. The Balaban J connectivity index is 1.15. The molecule has 3 atom stereocenters. The lowest BCUT2D eigenvalue weighted by molar-refractivity contribution is -0.117. The van der Waals surface area contributed by atoms with Crippen LogP contribution in [0.3, 0.4) is 0 Å². The summed E-state index contributed by atoms with van der Waals surface area (Å²) in [4.78, 5) is 30.6. The van der Waals surface area contributed by atoms with Crippen LogP contribution in [0.15, 0.2) is 42.9 Å². The number of fused-ring (bicyclic) bond motifs is 1. The second-order valence-electron chi connectivity index (χ2n) is 12.7. The Bertz CT molecular complexity index is 1760. The van der Waals surface area contributed by atoms with Gasteiger partial charge in [0.2, 0.25) is 5.91 Å². The molecule has 11 nitrogen and oxygen atoms in total. The number of hydrogen-bond donors (Lipinski definition) is 1. The van der Waals surface area contributed by atoms with Crippen LogP contribution in [0.1, 0.15) is 49.9 Å². The van der Waals surface area contributed by atoms with Crippen LogP contribution in [0.5, 0.6) is 0 Å². The number of amides is 2. The summed E-state index contributed by atoms with van der Waals surface area (Å²) in [7, 11) is 1.61. The Morgan fingerprint density at radius 1 is 1.18 bits per heavy atom. The Kier molecular flexibility index (Phi) is 7.58. The molecule has 14 heteroatoms. The number of likely N-dealkylation sites (tertiary alicyclic amines) is 1. The standard InChI is InChI=1S/C31H34F3N7O4/c1-17-6-7-24(35-11-17)20-10-21(20)28(42)37-26-9-19-8-22(23(32)13-41(19)38-26)27-18(12-36-39(27)5)15-44-25-14-40(16-31(25,33)34)29(43)45-30(2,3)4/h6-9,11-13,20-21,25H,10,14-16H2,1-5H3,(H,37,38,42)/t20-,21+,25-/m1/s1. The molecule has 2 aliphatic rings. The van der Waals surface area contributed by atoms with Crippen LogP contribution >= 0.6 is 0 Å². The van der Waals surface area contributed by atoms with E-state index in [1.807, 2.05) is 19.1 Å². The fourth-order valence-electron chi connectivity index (χ4n) is 5.51. The van der Waals surface area contributed by atoms with Gasteiger partial charge in [-0.15, -0.1) is 5.10 Å². The lowest BCUT2D eigenvalue weighted by Crippen LogP contribution is -2.36. The maximum Gasteiger partial charge on any atom is 0.410 e. The summed E-state index contributed by atoms with van der Waals surface area (Å²) in [6.07, 6.45) is 2.64. The van der Waals surface area contributed by atoms with Gasteiger partial charge < -0.3 is 14.8 Å². The number of pyridine rings is 2. The van der Waals surface area contributed by atoms with Crippen molar-refractivity contribution >= 4 is 23.3 Å². The van der Waals surface area contributed by atoms with E-state index in [-0.39, 0.29) is 42.3 Å². The maximum absolute atomic E-state index is 15.4. The van der Waals surface area contributed by atoms with E-state index in [0.29, 0.717) is 23.2 Å². The van der Waals surface area contributed by atoms with E-state index in [9.17, 15) is 18.4 Å². The SMILES string of the molecule is Cc1ccc([C@@H]2C[C@@H]2C(=O)Nc2cc3cc(-c4c(CO[C@@H]5CN(C(=O)OC(C)(C)C)CC5(F)F)cnn4C)c(F)cn3n2)nc1. The van der Waals surface area contributed by atoms with Crippen molar-refractivity contribution in [2.45, 2.75) is 64.3 Å². The molecule has 1 N–H and O–H groups in total. The number of alkyl halides is 2. The minimum Gasteiger partial charge on any atom is -0.444 e. The topological polar surface area (TPSA) is 116 Å². The van der Waals surface area contributed by atoms with E-state index in [2.05, 4.69) is 20.5 Å². The molecule has 2 amide bonds. The third kappa shape index (κ3) is 6.37. The number of rotatable bonds is 7. The molecule has 0 unspecified atom stereocenters. The van der Waals surface area contributed by atoms with Crippen LogP contribution in [-0.4, -0.2) is 72.0 Å². The minimum atomic E-state index is -3.31. The molecule has 1 saturated carbocycles. The van der Waals surface area contributed by atoms with Crippen LogP contribution in [0.25, 0.3) is 16.8 Å². The second-order valence-corrected chi connectivity index (χ2v) is 12.7. The summed E-state index contributed by atoms with van der Waals surface area (Å²) >= 11 is 0. The zero-order valence-corrected chi connectivity index (χ0v) is 25.6. The monoisotopic (exact) mass is 625 g/mol. The summed E-state index contributed by atoms with van der Waals surface area (Å²) in [6, 6.07) is 7.06. The van der Waals surface area contributed by atoms with Gasteiger partial charge in [0.15, 0.2) is 11.6 Å². The second kappa shape index (κ2) is 11.2. The third-order valence-electron chi connectivity index (χ3n) is 7.86. The molecule has 2 fully saturated rings. The van der Waals surface area contributed by atoms with Crippen LogP contribution < -0.4 is 5.32 Å². The molecule has 0 bridgehead atoms. The number of halogens is 3. The summed E-state index contributed by atoms with van der Waals surface area (Å²) in [5.41, 5.74) is 2.45. The quantitative estimate of drug-likeness (QED) is 0.304. The van der Waals surface area contributed by atoms with Gasteiger partial charge >= 0.3 is 6.09 Å². The van der Waals surface area contributed by atoms with Crippen molar-refractivity contribution in [1.29, 1.82) is 0 Å². The molecule has 4 aromatic heterocycles. The highest BCUT2D eigenvalue weighted by Gasteiger charge is 2.51. The fraction of sp³-hybridized carbons (Fsp3) is 0.452. The number of nitrogens with zero attached hydrogens (tertiary/aromatic N) is 6. The van der Waals surface area contributed by atoms with E-state index in [0.717, 1.165) is 16.2 Å². The van der Waals surface area contributed by atoms with E-state index < -0.39 is 36.1 Å². The maximum atomic E-state index is 15.4. The minimum absolute atomic E-state index is 0.0433. The molecule has 0 aromatic carbocycles. The molecule has 1 saturated heterocycles. The number of aromatic nitrogens is 5. The van der Waals surface area contributed by atoms with Crippen LogP contribution in [0.4, 0.5) is 23.8 Å². The molecule has 4 aromatic rings. The Hall–Kier alpha value is -4.46. The molecule has 1 aliphatic carbocycles. The number of aryl methyl sites for hydroxylation is 2. The van der Waals surface area contributed by atoms with Crippen molar-refractivity contribution in [2.24, 2.45) is 13.0 Å². The Morgan fingerprint density at radius 3 is 2.67 bits per heavy atom. The Labute approximate surface area is 257 Å². The van der Waals surface area contributed by atoms with Crippen LogP contribution in [-0.2, 0) is 27.9 Å². The van der Waals surface area contributed by atoms with Crippen molar-refractivity contribution in [3.05, 3.63) is 65.5 Å². The number of ether oxygens (including phenoxy) is 2. The first-order valence-electron chi connectivity index (χ1n) is 14.6. The Morgan fingerprint density at radius 2 is 1.96 bits per heavy atom. The summed E-state index contributed by atoms with van der Waals surface area (Å²) in [5, 5.41) is 11.3. The van der Waals surface area contributed by atoms with Gasteiger partial charge in [0.25, 0.3) is 5.92 Å². The zero-order chi connectivity index (χ0) is 32.3. The average Bonchev–Trinajstić information content (AvgIpc) is 3.40. The van der Waals surface area contributed by atoms with Gasteiger partial charge in [0.05, 0.1) is 43.3 Å². The first-order valence-corrected chi connectivity index (χ1v) is 14.6. The molecule has 45 heavy (non-hydrogen) atoms. The summed E-state index contributed by atoms with van der Waals surface area (Å²) in [6.45, 7) is 5.43. The lowest BCUT2D eigenvalue weighted by atomic mass is 10.1. The van der Waals surface area contributed by atoms with Crippen LogP contribution in [0.2, 0.25) is 0 Å². The highest BCUT2D eigenvalue weighted by Crippen LogP contribution is 2.47. The van der Waals surface area contributed by atoms with E-state index >= 15 is 4.39 Å². The first kappa shape index (κ1) is 30.6. The van der Waals surface area contributed by atoms with Crippen molar-refractivity contribution < 1.29 is 32.2 Å². The molecular formula is C31H34F3N7O4. The van der Waals surface area contributed by atoms with Gasteiger partial charge in [0, 0.05) is 48.0 Å². The number of anilines is 1. The normalized spacial score (nSPS) is 20.9. The van der Waals surface area contributed by atoms with Crippen molar-refractivity contribution in [2.75, 3.05) is 18.4 Å². The van der Waals surface area contributed by atoms with E-state index in [1.54, 1.807) is 46.1 Å². The summed E-state index contributed by atoms with van der Waals surface area (Å²) in [5.74, 6) is -4.04. The highest BCUT2D eigenvalue weighted by atomic mass is 19.3. The zero-order valence-electron chi connectivity index (χ0n) is 25.6. The molecule has 0 spiro atoms.